The van der Waals surface area contributed by atoms with Crippen LogP contribution in [-0.2, 0) is 6.42 Å². The standard InChI is InChI=1S/C20H28O2/c1-15(13-19-16(2)11-12-20(19)21)7-4-5-8-17-9-6-10-18(14-17)22-3/h4,6-7,9-10,14-15,20-21H,5,8,11-13H2,1-3H3/t15-,20-/m0/s1. The molecule has 1 aromatic carbocycles. The van der Waals surface area contributed by atoms with Gasteiger partial charge in [0.05, 0.1) is 13.2 Å². The number of rotatable bonds is 7. The van der Waals surface area contributed by atoms with E-state index in [1.165, 1.54) is 16.7 Å². The molecule has 0 amide bonds. The molecule has 1 aromatic rings. The van der Waals surface area contributed by atoms with E-state index >= 15 is 0 Å². The van der Waals surface area contributed by atoms with Crippen molar-refractivity contribution in [3.8, 4) is 5.75 Å². The van der Waals surface area contributed by atoms with Gasteiger partial charge >= 0.3 is 0 Å². The number of allylic oxidation sites excluding steroid dienone is 3. The number of aryl methyl sites for hydroxylation is 1. The minimum absolute atomic E-state index is 0.201. The lowest BCUT2D eigenvalue weighted by Crippen LogP contribution is -2.07. The van der Waals surface area contributed by atoms with E-state index < -0.39 is 0 Å². The summed E-state index contributed by atoms with van der Waals surface area (Å²) in [5, 5.41) is 9.98. The molecule has 1 N–H and O–H groups in total. The molecule has 1 aliphatic carbocycles. The zero-order valence-electron chi connectivity index (χ0n) is 14.0. The summed E-state index contributed by atoms with van der Waals surface area (Å²) in [5.74, 6) is 1.41. The van der Waals surface area contributed by atoms with Crippen LogP contribution in [0.2, 0.25) is 0 Å². The van der Waals surface area contributed by atoms with Gasteiger partial charge in [-0.05, 0) is 68.2 Å². The Morgan fingerprint density at radius 2 is 2.23 bits per heavy atom. The summed E-state index contributed by atoms with van der Waals surface area (Å²) >= 11 is 0. The van der Waals surface area contributed by atoms with Gasteiger partial charge in [-0.15, -0.1) is 0 Å². The van der Waals surface area contributed by atoms with Gasteiger partial charge in [0.1, 0.15) is 5.75 Å². The number of aliphatic hydroxyl groups is 1. The number of hydrogen-bond acceptors (Lipinski definition) is 2. The number of ether oxygens (including phenoxy) is 1. The molecule has 120 valence electrons. The maximum absolute atomic E-state index is 9.98. The Balaban J connectivity index is 1.78. The van der Waals surface area contributed by atoms with Crippen molar-refractivity contribution in [2.75, 3.05) is 7.11 Å². The van der Waals surface area contributed by atoms with E-state index in [1.807, 2.05) is 12.1 Å². The van der Waals surface area contributed by atoms with Gasteiger partial charge < -0.3 is 9.84 Å². The number of aliphatic hydroxyl groups excluding tert-OH is 1. The number of methoxy groups -OCH3 is 1. The molecule has 0 saturated carbocycles. The van der Waals surface area contributed by atoms with Crippen LogP contribution in [0.5, 0.6) is 5.75 Å². The molecular weight excluding hydrogens is 272 g/mol. The smallest absolute Gasteiger partial charge is 0.119 e. The molecule has 22 heavy (non-hydrogen) atoms. The third kappa shape index (κ3) is 4.74. The molecular formula is C20H28O2. The summed E-state index contributed by atoms with van der Waals surface area (Å²) < 4.78 is 5.25. The molecule has 2 nitrogen and oxygen atoms in total. The zero-order valence-corrected chi connectivity index (χ0v) is 14.0. The van der Waals surface area contributed by atoms with Crippen molar-refractivity contribution in [3.05, 3.63) is 53.1 Å². The summed E-state index contributed by atoms with van der Waals surface area (Å²) in [5.41, 5.74) is 3.97. The van der Waals surface area contributed by atoms with Crippen molar-refractivity contribution in [3.63, 3.8) is 0 Å². The van der Waals surface area contributed by atoms with E-state index in [0.29, 0.717) is 5.92 Å². The van der Waals surface area contributed by atoms with Crippen LogP contribution in [0.3, 0.4) is 0 Å². The topological polar surface area (TPSA) is 29.5 Å². The van der Waals surface area contributed by atoms with Crippen LogP contribution >= 0.6 is 0 Å². The number of hydrogen-bond donors (Lipinski definition) is 1. The average Bonchev–Trinajstić information content (AvgIpc) is 2.83. The van der Waals surface area contributed by atoms with E-state index in [1.54, 1.807) is 7.11 Å². The Morgan fingerprint density at radius 3 is 2.91 bits per heavy atom. The van der Waals surface area contributed by atoms with Crippen LogP contribution in [-0.4, -0.2) is 18.3 Å². The second kappa shape index (κ2) is 8.19. The molecule has 0 fully saturated rings. The summed E-state index contributed by atoms with van der Waals surface area (Å²) in [7, 11) is 1.70. The first-order valence-corrected chi connectivity index (χ1v) is 8.26. The maximum atomic E-state index is 9.98. The Labute approximate surface area is 134 Å². The highest BCUT2D eigenvalue weighted by Crippen LogP contribution is 2.31. The van der Waals surface area contributed by atoms with E-state index in [-0.39, 0.29) is 6.10 Å². The molecule has 2 rings (SSSR count). The van der Waals surface area contributed by atoms with Crippen LogP contribution in [0.25, 0.3) is 0 Å². The van der Waals surface area contributed by atoms with E-state index in [2.05, 4.69) is 38.1 Å². The normalized spacial score (nSPS) is 19.9. The van der Waals surface area contributed by atoms with Crippen LogP contribution in [0.1, 0.15) is 45.1 Å². The Morgan fingerprint density at radius 1 is 1.41 bits per heavy atom. The molecule has 0 unspecified atom stereocenters. The summed E-state index contributed by atoms with van der Waals surface area (Å²) in [4.78, 5) is 0. The van der Waals surface area contributed by atoms with Gasteiger partial charge in [0, 0.05) is 0 Å². The number of benzene rings is 1. The van der Waals surface area contributed by atoms with Crippen LogP contribution in [0, 0.1) is 5.92 Å². The highest BCUT2D eigenvalue weighted by atomic mass is 16.5. The average molecular weight is 300 g/mol. The van der Waals surface area contributed by atoms with Gasteiger partial charge in [-0.1, -0.05) is 36.8 Å². The van der Waals surface area contributed by atoms with Crippen LogP contribution in [0.4, 0.5) is 0 Å². The molecule has 0 saturated heterocycles. The Kier molecular flexibility index (Phi) is 6.26. The van der Waals surface area contributed by atoms with E-state index in [4.69, 9.17) is 4.74 Å². The Hall–Kier alpha value is -1.54. The van der Waals surface area contributed by atoms with E-state index in [9.17, 15) is 5.11 Å². The molecule has 0 spiro atoms. The minimum atomic E-state index is -0.201. The fourth-order valence-electron chi connectivity index (χ4n) is 3.10. The monoisotopic (exact) mass is 300 g/mol. The maximum Gasteiger partial charge on any atom is 0.119 e. The first-order valence-electron chi connectivity index (χ1n) is 8.26. The second-order valence-corrected chi connectivity index (χ2v) is 6.36. The lowest BCUT2D eigenvalue weighted by Gasteiger charge is -2.13. The predicted octanol–water partition coefficient (Wildman–Crippen LogP) is 4.68. The van der Waals surface area contributed by atoms with Crippen molar-refractivity contribution >= 4 is 0 Å². The fourth-order valence-corrected chi connectivity index (χ4v) is 3.10. The second-order valence-electron chi connectivity index (χ2n) is 6.36. The molecule has 0 bridgehead atoms. The minimum Gasteiger partial charge on any atom is -0.497 e. The van der Waals surface area contributed by atoms with E-state index in [0.717, 1.165) is 37.9 Å². The third-order valence-corrected chi connectivity index (χ3v) is 4.48. The predicted molar refractivity (Wildman–Crippen MR) is 92.2 cm³/mol. The third-order valence-electron chi connectivity index (χ3n) is 4.48. The van der Waals surface area contributed by atoms with Crippen molar-refractivity contribution in [1.29, 1.82) is 0 Å². The summed E-state index contributed by atoms with van der Waals surface area (Å²) in [6.45, 7) is 4.39. The lowest BCUT2D eigenvalue weighted by molar-refractivity contribution is 0.206. The van der Waals surface area contributed by atoms with Crippen molar-refractivity contribution in [1.82, 2.24) is 0 Å². The van der Waals surface area contributed by atoms with Crippen LogP contribution < -0.4 is 4.74 Å². The largest absolute Gasteiger partial charge is 0.497 e. The molecule has 2 heteroatoms. The molecule has 1 aliphatic rings. The van der Waals surface area contributed by atoms with Crippen molar-refractivity contribution < 1.29 is 9.84 Å². The lowest BCUT2D eigenvalue weighted by atomic mass is 9.96. The van der Waals surface area contributed by atoms with Crippen LogP contribution in [0.15, 0.2) is 47.6 Å². The zero-order chi connectivity index (χ0) is 15.9. The van der Waals surface area contributed by atoms with Gasteiger partial charge in [0.15, 0.2) is 0 Å². The summed E-state index contributed by atoms with van der Waals surface area (Å²) in [6, 6.07) is 8.25. The quantitative estimate of drug-likeness (QED) is 0.741. The summed E-state index contributed by atoms with van der Waals surface area (Å²) in [6.07, 6.45) is 9.38. The molecule has 0 aliphatic heterocycles. The van der Waals surface area contributed by atoms with Gasteiger partial charge in [-0.3, -0.25) is 0 Å². The highest BCUT2D eigenvalue weighted by Gasteiger charge is 2.21. The van der Waals surface area contributed by atoms with Crippen molar-refractivity contribution in [2.45, 2.75) is 52.1 Å². The fraction of sp³-hybridized carbons (Fsp3) is 0.500. The molecule has 2 atom stereocenters. The van der Waals surface area contributed by atoms with Crippen molar-refractivity contribution in [2.24, 2.45) is 5.92 Å². The first-order chi connectivity index (χ1) is 10.6. The van der Waals surface area contributed by atoms with Gasteiger partial charge in [-0.25, -0.2) is 0 Å². The SMILES string of the molecule is COc1cccc(CCC=C[C@H](C)CC2=C(C)CC[C@@H]2O)c1. The van der Waals surface area contributed by atoms with Gasteiger partial charge in [0.2, 0.25) is 0 Å². The first kappa shape index (κ1) is 16.8. The molecule has 0 radical (unpaired) electrons. The molecule has 0 aromatic heterocycles. The van der Waals surface area contributed by atoms with Gasteiger partial charge in [0.25, 0.3) is 0 Å². The molecule has 0 heterocycles. The highest BCUT2D eigenvalue weighted by molar-refractivity contribution is 5.28. The van der Waals surface area contributed by atoms with Gasteiger partial charge in [-0.2, -0.15) is 0 Å². The Bertz CT molecular complexity index is 542.